The average Bonchev–Trinajstić information content (AvgIpc) is 2.80. The fraction of sp³-hybridized carbons (Fsp3) is 0.167. The molecule has 2 aromatic rings. The van der Waals surface area contributed by atoms with E-state index in [4.69, 9.17) is 9.15 Å². The van der Waals surface area contributed by atoms with Gasteiger partial charge < -0.3 is 19.0 Å². The Morgan fingerprint density at radius 3 is 2.50 bits per heavy atom. The van der Waals surface area contributed by atoms with E-state index in [-0.39, 0.29) is 11.7 Å². The van der Waals surface area contributed by atoms with Crippen LogP contribution in [0.3, 0.4) is 0 Å². The fourth-order valence-corrected chi connectivity index (χ4v) is 1.39. The van der Waals surface area contributed by atoms with Gasteiger partial charge in [-0.3, -0.25) is 0 Å². The minimum absolute atomic E-state index is 0.135. The molecule has 0 spiro atoms. The van der Waals surface area contributed by atoms with Crippen molar-refractivity contribution in [3.63, 3.8) is 0 Å². The molecule has 0 atom stereocenters. The van der Waals surface area contributed by atoms with Gasteiger partial charge in [0.2, 0.25) is 5.89 Å². The first kappa shape index (κ1) is 12.0. The second-order valence-corrected chi connectivity index (χ2v) is 3.39. The third-order valence-corrected chi connectivity index (χ3v) is 2.32. The van der Waals surface area contributed by atoms with Gasteiger partial charge in [0.15, 0.2) is 0 Å². The number of nitrogens with zero attached hydrogens (tertiary/aromatic N) is 1. The maximum atomic E-state index is 11.2. The normalized spacial score (nSPS) is 10.1. The molecule has 0 fully saturated rings. The lowest BCUT2D eigenvalue weighted by Gasteiger charge is -1.99. The van der Waals surface area contributed by atoms with Gasteiger partial charge in [0.1, 0.15) is 5.75 Å². The molecule has 0 radical (unpaired) electrons. The number of carbonyl (C=O) groups excluding carboxylic acids is 1. The molecule has 1 heterocycles. The number of benzene rings is 1. The quantitative estimate of drug-likeness (QED) is 0.836. The van der Waals surface area contributed by atoms with Crippen LogP contribution in [-0.4, -0.2) is 30.3 Å². The minimum atomic E-state index is -0.778. The van der Waals surface area contributed by atoms with Crippen LogP contribution in [0.1, 0.15) is 10.6 Å². The Balaban J connectivity index is 2.36. The summed E-state index contributed by atoms with van der Waals surface area (Å²) in [5, 5.41) is 9.46. The predicted octanol–water partition coefficient (Wildman–Crippen LogP) is 1.84. The van der Waals surface area contributed by atoms with Gasteiger partial charge in [0.25, 0.3) is 11.6 Å². The number of hydrogen-bond acceptors (Lipinski definition) is 6. The molecule has 0 aliphatic rings. The Morgan fingerprint density at radius 1 is 1.28 bits per heavy atom. The summed E-state index contributed by atoms with van der Waals surface area (Å²) >= 11 is 0. The number of methoxy groups -OCH3 is 2. The van der Waals surface area contributed by atoms with E-state index in [0.717, 1.165) is 0 Å². The molecule has 0 aliphatic carbocycles. The first-order valence-corrected chi connectivity index (χ1v) is 5.08. The number of aromatic hydroxyl groups is 1. The molecule has 1 aromatic heterocycles. The molecule has 94 valence electrons. The Labute approximate surface area is 103 Å². The number of hydrogen-bond donors (Lipinski definition) is 1. The van der Waals surface area contributed by atoms with E-state index >= 15 is 0 Å². The Kier molecular flexibility index (Phi) is 3.18. The van der Waals surface area contributed by atoms with Gasteiger partial charge >= 0.3 is 5.97 Å². The molecule has 0 bridgehead atoms. The summed E-state index contributed by atoms with van der Waals surface area (Å²) in [5.41, 5.74) is 0.612. The van der Waals surface area contributed by atoms with Crippen LogP contribution in [0.2, 0.25) is 0 Å². The zero-order valence-corrected chi connectivity index (χ0v) is 9.84. The van der Waals surface area contributed by atoms with Crippen LogP contribution in [0.5, 0.6) is 11.6 Å². The maximum absolute atomic E-state index is 11.2. The molecule has 0 unspecified atom stereocenters. The van der Waals surface area contributed by atoms with Crippen LogP contribution in [0.15, 0.2) is 28.7 Å². The maximum Gasteiger partial charge on any atom is 0.379 e. The zero-order valence-electron chi connectivity index (χ0n) is 9.84. The molecule has 0 saturated carbocycles. The molecule has 0 aliphatic heterocycles. The van der Waals surface area contributed by atoms with Gasteiger partial charge in [0.05, 0.1) is 14.2 Å². The molecule has 0 saturated heterocycles. The Morgan fingerprint density at radius 2 is 1.94 bits per heavy atom. The van der Waals surface area contributed by atoms with Crippen LogP contribution in [0.25, 0.3) is 11.5 Å². The zero-order chi connectivity index (χ0) is 13.1. The first-order chi connectivity index (χ1) is 8.65. The molecule has 6 heteroatoms. The summed E-state index contributed by atoms with van der Waals surface area (Å²) in [6.45, 7) is 0. The highest BCUT2D eigenvalue weighted by atomic mass is 16.5. The molecule has 0 amide bonds. The van der Waals surface area contributed by atoms with Crippen molar-refractivity contribution in [2.75, 3.05) is 14.2 Å². The summed E-state index contributed by atoms with van der Waals surface area (Å²) in [7, 11) is 2.75. The van der Waals surface area contributed by atoms with Gasteiger partial charge in [-0.05, 0) is 24.3 Å². The highest BCUT2D eigenvalue weighted by Gasteiger charge is 2.21. The van der Waals surface area contributed by atoms with Crippen LogP contribution < -0.4 is 4.74 Å². The smallest absolute Gasteiger partial charge is 0.379 e. The summed E-state index contributed by atoms with van der Waals surface area (Å²) in [6.07, 6.45) is 0. The molecule has 1 N–H and O–H groups in total. The first-order valence-electron chi connectivity index (χ1n) is 5.08. The largest absolute Gasteiger partial charge is 0.497 e. The highest BCUT2D eigenvalue weighted by Crippen LogP contribution is 2.27. The number of esters is 1. The van der Waals surface area contributed by atoms with E-state index in [0.29, 0.717) is 11.3 Å². The third kappa shape index (κ3) is 2.13. The van der Waals surface area contributed by atoms with E-state index in [1.165, 1.54) is 7.11 Å². The van der Waals surface area contributed by atoms with E-state index < -0.39 is 11.8 Å². The summed E-state index contributed by atoms with van der Waals surface area (Å²) in [5.74, 6) is -0.769. The van der Waals surface area contributed by atoms with Gasteiger partial charge in [-0.25, -0.2) is 4.79 Å². The molecule has 2 rings (SSSR count). The van der Waals surface area contributed by atoms with Crippen molar-refractivity contribution >= 4 is 5.97 Å². The number of oxazole rings is 1. The lowest BCUT2D eigenvalue weighted by molar-refractivity contribution is 0.0561. The number of ether oxygens (including phenoxy) is 2. The monoisotopic (exact) mass is 249 g/mol. The van der Waals surface area contributed by atoms with Crippen LogP contribution in [0, 0.1) is 0 Å². The van der Waals surface area contributed by atoms with E-state index in [2.05, 4.69) is 9.72 Å². The van der Waals surface area contributed by atoms with Gasteiger partial charge in [-0.2, -0.15) is 4.98 Å². The van der Waals surface area contributed by atoms with Crippen molar-refractivity contribution in [1.82, 2.24) is 4.98 Å². The second-order valence-electron chi connectivity index (χ2n) is 3.39. The SMILES string of the molecule is COC(=O)c1oc(-c2ccc(OC)cc2)nc1O. The number of rotatable bonds is 3. The number of carbonyl (C=O) groups is 1. The van der Waals surface area contributed by atoms with Gasteiger partial charge in [0, 0.05) is 5.56 Å². The third-order valence-electron chi connectivity index (χ3n) is 2.32. The van der Waals surface area contributed by atoms with Gasteiger partial charge in [-0.1, -0.05) is 0 Å². The Bertz CT molecular complexity index is 558. The fourth-order valence-electron chi connectivity index (χ4n) is 1.39. The molecule has 6 nitrogen and oxygen atoms in total. The standard InChI is InChI=1S/C12H11NO5/c1-16-8-5-3-7(4-6-8)11-13-10(14)9(18-11)12(15)17-2/h3-6,14H,1-2H3. The van der Waals surface area contributed by atoms with Crippen molar-refractivity contribution in [3.8, 4) is 23.1 Å². The van der Waals surface area contributed by atoms with Crippen molar-refractivity contribution in [3.05, 3.63) is 30.0 Å². The van der Waals surface area contributed by atoms with Gasteiger partial charge in [-0.15, -0.1) is 0 Å². The summed E-state index contributed by atoms with van der Waals surface area (Å²) < 4.78 is 14.6. The summed E-state index contributed by atoms with van der Waals surface area (Å²) in [4.78, 5) is 15.0. The van der Waals surface area contributed by atoms with Crippen molar-refractivity contribution in [1.29, 1.82) is 0 Å². The lowest BCUT2D eigenvalue weighted by Crippen LogP contribution is -1.99. The lowest BCUT2D eigenvalue weighted by atomic mass is 10.2. The number of aromatic nitrogens is 1. The van der Waals surface area contributed by atoms with E-state index in [9.17, 15) is 9.90 Å². The van der Waals surface area contributed by atoms with E-state index in [1.807, 2.05) is 0 Å². The minimum Gasteiger partial charge on any atom is -0.497 e. The average molecular weight is 249 g/mol. The molecule has 18 heavy (non-hydrogen) atoms. The summed E-state index contributed by atoms with van der Waals surface area (Å²) in [6, 6.07) is 6.83. The van der Waals surface area contributed by atoms with Crippen molar-refractivity contribution in [2.45, 2.75) is 0 Å². The second kappa shape index (κ2) is 4.79. The van der Waals surface area contributed by atoms with Crippen molar-refractivity contribution in [2.24, 2.45) is 0 Å². The van der Waals surface area contributed by atoms with E-state index in [1.54, 1.807) is 31.4 Å². The molecular formula is C12H11NO5. The highest BCUT2D eigenvalue weighted by molar-refractivity contribution is 5.89. The van der Waals surface area contributed by atoms with Crippen LogP contribution in [-0.2, 0) is 4.74 Å². The van der Waals surface area contributed by atoms with Crippen molar-refractivity contribution < 1.29 is 23.8 Å². The predicted molar refractivity (Wildman–Crippen MR) is 61.5 cm³/mol. The molecule has 1 aromatic carbocycles. The van der Waals surface area contributed by atoms with Crippen LogP contribution in [0.4, 0.5) is 0 Å². The topological polar surface area (TPSA) is 81.8 Å². The molecular weight excluding hydrogens is 238 g/mol. The van der Waals surface area contributed by atoms with Crippen LogP contribution >= 0.6 is 0 Å². The Hall–Kier alpha value is -2.50.